The quantitative estimate of drug-likeness (QED) is 0.566. The highest BCUT2D eigenvalue weighted by Gasteiger charge is 2.31. The second kappa shape index (κ2) is 6.44. The fraction of sp³-hybridized carbons (Fsp3) is 0.455. The van der Waals surface area contributed by atoms with Gasteiger partial charge in [-0.1, -0.05) is 15.9 Å². The number of benzene rings is 1. The SMILES string of the molecule is Nc1ccc(OC(F)(F)F)cc1C(O)C(O)CCBr. The molecule has 108 valence electrons. The molecule has 0 saturated heterocycles. The number of anilines is 1. The summed E-state index contributed by atoms with van der Waals surface area (Å²) in [4.78, 5) is 0. The van der Waals surface area contributed by atoms with Crippen molar-refractivity contribution in [1.29, 1.82) is 0 Å². The molecule has 0 aliphatic heterocycles. The average Bonchev–Trinajstić information content (AvgIpc) is 2.29. The van der Waals surface area contributed by atoms with Crippen molar-refractivity contribution in [2.45, 2.75) is 25.0 Å². The summed E-state index contributed by atoms with van der Waals surface area (Å²) in [6.07, 6.45) is -7.12. The summed E-state index contributed by atoms with van der Waals surface area (Å²) in [7, 11) is 0. The van der Waals surface area contributed by atoms with Gasteiger partial charge in [0.05, 0.1) is 6.10 Å². The third-order valence-corrected chi connectivity index (χ3v) is 2.84. The fourth-order valence-corrected chi connectivity index (χ4v) is 1.95. The third-order valence-electron chi connectivity index (χ3n) is 2.38. The van der Waals surface area contributed by atoms with E-state index in [1.165, 1.54) is 6.07 Å². The number of hydrogen-bond acceptors (Lipinski definition) is 4. The predicted molar refractivity (Wildman–Crippen MR) is 66.9 cm³/mol. The average molecular weight is 344 g/mol. The molecule has 4 N–H and O–H groups in total. The van der Waals surface area contributed by atoms with Gasteiger partial charge in [0.1, 0.15) is 11.9 Å². The molecule has 1 aromatic carbocycles. The summed E-state index contributed by atoms with van der Waals surface area (Å²) in [5.74, 6) is -0.498. The second-order valence-electron chi connectivity index (χ2n) is 3.83. The number of nitrogen functional groups attached to an aromatic ring is 1. The highest BCUT2D eigenvalue weighted by Crippen LogP contribution is 2.31. The molecule has 0 aliphatic rings. The largest absolute Gasteiger partial charge is 0.573 e. The molecule has 8 heteroatoms. The molecule has 1 rings (SSSR count). The minimum atomic E-state index is -4.83. The Bertz CT molecular complexity index is 428. The molecule has 0 aromatic heterocycles. The van der Waals surface area contributed by atoms with Gasteiger partial charge in [0.25, 0.3) is 0 Å². The summed E-state index contributed by atoms with van der Waals surface area (Å²) in [5, 5.41) is 19.9. The van der Waals surface area contributed by atoms with E-state index in [2.05, 4.69) is 20.7 Å². The van der Waals surface area contributed by atoms with Crippen molar-refractivity contribution in [3.8, 4) is 5.75 Å². The van der Waals surface area contributed by atoms with Crippen LogP contribution in [0.5, 0.6) is 5.75 Å². The van der Waals surface area contributed by atoms with E-state index in [1.807, 2.05) is 0 Å². The van der Waals surface area contributed by atoms with Crippen LogP contribution in [-0.2, 0) is 0 Å². The zero-order chi connectivity index (χ0) is 14.6. The lowest BCUT2D eigenvalue weighted by Gasteiger charge is -2.20. The monoisotopic (exact) mass is 343 g/mol. The maximum absolute atomic E-state index is 12.1. The van der Waals surface area contributed by atoms with Crippen LogP contribution in [0.4, 0.5) is 18.9 Å². The minimum Gasteiger partial charge on any atom is -0.406 e. The standard InChI is InChI=1S/C11H13BrF3NO3/c12-4-3-9(17)10(18)7-5-6(1-2-8(7)16)19-11(13,14)15/h1-2,5,9-10,17-18H,3-4,16H2. The molecule has 0 heterocycles. The molecule has 0 fully saturated rings. The van der Waals surface area contributed by atoms with E-state index in [0.29, 0.717) is 5.33 Å². The molecule has 19 heavy (non-hydrogen) atoms. The van der Waals surface area contributed by atoms with Gasteiger partial charge in [-0.3, -0.25) is 0 Å². The zero-order valence-corrected chi connectivity index (χ0v) is 11.3. The number of rotatable bonds is 5. The van der Waals surface area contributed by atoms with Crippen molar-refractivity contribution >= 4 is 21.6 Å². The Balaban J connectivity index is 2.96. The van der Waals surface area contributed by atoms with Gasteiger partial charge in [-0.15, -0.1) is 13.2 Å². The van der Waals surface area contributed by atoms with Crippen LogP contribution in [0.3, 0.4) is 0 Å². The van der Waals surface area contributed by atoms with Gasteiger partial charge in [-0.2, -0.15) is 0 Å². The van der Waals surface area contributed by atoms with Crippen LogP contribution >= 0.6 is 15.9 Å². The van der Waals surface area contributed by atoms with Crippen LogP contribution in [0.25, 0.3) is 0 Å². The molecule has 0 radical (unpaired) electrons. The van der Waals surface area contributed by atoms with Gasteiger partial charge in [-0.25, -0.2) is 0 Å². The first-order chi connectivity index (χ1) is 8.74. The fourth-order valence-electron chi connectivity index (χ4n) is 1.48. The number of ether oxygens (including phenoxy) is 1. The molecule has 1 aromatic rings. The predicted octanol–water partition coefficient (Wildman–Crippen LogP) is 2.35. The molecule has 4 nitrogen and oxygen atoms in total. The third kappa shape index (κ3) is 4.88. The lowest BCUT2D eigenvalue weighted by Crippen LogP contribution is -2.21. The summed E-state index contributed by atoms with van der Waals surface area (Å²) >= 11 is 3.09. The molecule has 0 saturated carbocycles. The van der Waals surface area contributed by atoms with Crippen molar-refractivity contribution in [3.05, 3.63) is 23.8 Å². The lowest BCUT2D eigenvalue weighted by molar-refractivity contribution is -0.274. The van der Waals surface area contributed by atoms with E-state index in [9.17, 15) is 23.4 Å². The van der Waals surface area contributed by atoms with Crippen molar-refractivity contribution in [2.75, 3.05) is 11.1 Å². The van der Waals surface area contributed by atoms with Gasteiger partial charge in [-0.05, 0) is 24.6 Å². The van der Waals surface area contributed by atoms with E-state index in [-0.39, 0.29) is 17.7 Å². The molecule has 0 amide bonds. The normalized spacial score (nSPS) is 15.1. The number of aliphatic hydroxyl groups is 2. The van der Waals surface area contributed by atoms with E-state index < -0.39 is 24.3 Å². The van der Waals surface area contributed by atoms with Crippen molar-refractivity contribution in [1.82, 2.24) is 0 Å². The number of aliphatic hydroxyl groups excluding tert-OH is 2. The first kappa shape index (κ1) is 16.1. The van der Waals surface area contributed by atoms with Gasteiger partial charge in [0.15, 0.2) is 0 Å². The second-order valence-corrected chi connectivity index (χ2v) is 4.62. The van der Waals surface area contributed by atoms with Gasteiger partial charge in [0, 0.05) is 16.6 Å². The van der Waals surface area contributed by atoms with E-state index in [1.54, 1.807) is 0 Å². The zero-order valence-electron chi connectivity index (χ0n) is 9.69. The Morgan fingerprint density at radius 1 is 1.32 bits per heavy atom. The Morgan fingerprint density at radius 2 is 1.95 bits per heavy atom. The molecule has 2 atom stereocenters. The van der Waals surface area contributed by atoms with Gasteiger partial charge >= 0.3 is 6.36 Å². The van der Waals surface area contributed by atoms with E-state index in [0.717, 1.165) is 12.1 Å². The van der Waals surface area contributed by atoms with Crippen LogP contribution in [-0.4, -0.2) is 28.0 Å². The first-order valence-electron chi connectivity index (χ1n) is 5.32. The van der Waals surface area contributed by atoms with Crippen LogP contribution in [0.15, 0.2) is 18.2 Å². The highest BCUT2D eigenvalue weighted by molar-refractivity contribution is 9.09. The highest BCUT2D eigenvalue weighted by atomic mass is 79.9. The topological polar surface area (TPSA) is 75.7 Å². The minimum absolute atomic E-state index is 0.00444. The summed E-state index contributed by atoms with van der Waals surface area (Å²) < 4.78 is 40.0. The van der Waals surface area contributed by atoms with Gasteiger partial charge < -0.3 is 20.7 Å². The van der Waals surface area contributed by atoms with Crippen LogP contribution < -0.4 is 10.5 Å². The van der Waals surface area contributed by atoms with Crippen molar-refractivity contribution in [2.24, 2.45) is 0 Å². The van der Waals surface area contributed by atoms with Crippen molar-refractivity contribution < 1.29 is 28.1 Å². The molecule has 2 unspecified atom stereocenters. The maximum atomic E-state index is 12.1. The number of nitrogens with two attached hydrogens (primary N) is 1. The summed E-state index contributed by atoms with van der Waals surface area (Å²) in [6, 6.07) is 3.18. The Kier molecular flexibility index (Phi) is 5.45. The first-order valence-corrected chi connectivity index (χ1v) is 6.44. The lowest BCUT2D eigenvalue weighted by atomic mass is 10.0. The Morgan fingerprint density at radius 3 is 2.47 bits per heavy atom. The van der Waals surface area contributed by atoms with Crippen molar-refractivity contribution in [3.63, 3.8) is 0 Å². The summed E-state index contributed by atoms with van der Waals surface area (Å²) in [5.41, 5.74) is 5.64. The molecule has 0 aliphatic carbocycles. The molecule has 0 bridgehead atoms. The Labute approximate surface area is 116 Å². The molecule has 0 spiro atoms. The van der Waals surface area contributed by atoms with E-state index >= 15 is 0 Å². The number of alkyl halides is 4. The number of halogens is 4. The van der Waals surface area contributed by atoms with Crippen LogP contribution in [0, 0.1) is 0 Å². The number of hydrogen-bond donors (Lipinski definition) is 3. The van der Waals surface area contributed by atoms with Crippen LogP contribution in [0.2, 0.25) is 0 Å². The van der Waals surface area contributed by atoms with Gasteiger partial charge in [0.2, 0.25) is 0 Å². The smallest absolute Gasteiger partial charge is 0.406 e. The molecular formula is C11H13BrF3NO3. The van der Waals surface area contributed by atoms with E-state index in [4.69, 9.17) is 5.73 Å². The Hall–Kier alpha value is -0.990. The summed E-state index contributed by atoms with van der Waals surface area (Å²) in [6.45, 7) is 0. The molecular weight excluding hydrogens is 331 g/mol. The maximum Gasteiger partial charge on any atom is 0.573 e. The van der Waals surface area contributed by atoms with Crippen LogP contribution in [0.1, 0.15) is 18.1 Å².